The van der Waals surface area contributed by atoms with Gasteiger partial charge in [0.25, 0.3) is 0 Å². The molecule has 3 nitrogen and oxygen atoms in total. The van der Waals surface area contributed by atoms with Gasteiger partial charge in [-0.05, 0) is 24.5 Å². The van der Waals surface area contributed by atoms with E-state index in [9.17, 15) is 4.79 Å². The summed E-state index contributed by atoms with van der Waals surface area (Å²) < 4.78 is 0. The van der Waals surface area contributed by atoms with Crippen LogP contribution in [-0.2, 0) is 4.79 Å². The molecule has 0 spiro atoms. The molecule has 2 fully saturated rings. The highest BCUT2D eigenvalue weighted by Crippen LogP contribution is 2.30. The average molecular weight is 251 g/mol. The maximum atomic E-state index is 12.4. The summed E-state index contributed by atoms with van der Waals surface area (Å²) in [6.45, 7) is 1.77. The van der Waals surface area contributed by atoms with Crippen molar-refractivity contribution in [3.8, 4) is 0 Å². The lowest BCUT2D eigenvalue weighted by molar-refractivity contribution is -0.137. The van der Waals surface area contributed by atoms with E-state index in [0.717, 1.165) is 31.5 Å². The monoisotopic (exact) mass is 250 g/mol. The maximum Gasteiger partial charge on any atom is 0.244 e. The molecule has 4 heteroatoms. The number of hydrogen-bond acceptors (Lipinski definition) is 2. The molecule has 90 valence electrons. The SMILES string of the molecule is O=C1C(c2ccccc2Cl)NCC2CCCN12. The van der Waals surface area contributed by atoms with E-state index in [0.29, 0.717) is 11.1 Å². The number of benzene rings is 1. The van der Waals surface area contributed by atoms with Gasteiger partial charge >= 0.3 is 0 Å². The lowest BCUT2D eigenvalue weighted by Crippen LogP contribution is -2.53. The number of carbonyl (C=O) groups excluding carboxylic acids is 1. The van der Waals surface area contributed by atoms with Crippen molar-refractivity contribution in [3.63, 3.8) is 0 Å². The van der Waals surface area contributed by atoms with Gasteiger partial charge in [-0.1, -0.05) is 29.8 Å². The van der Waals surface area contributed by atoms with Gasteiger partial charge < -0.3 is 10.2 Å². The Morgan fingerprint density at radius 3 is 3.00 bits per heavy atom. The number of halogens is 1. The van der Waals surface area contributed by atoms with Crippen LogP contribution >= 0.6 is 11.6 Å². The Balaban J connectivity index is 1.90. The molecule has 1 N–H and O–H groups in total. The quantitative estimate of drug-likeness (QED) is 0.827. The molecule has 0 saturated carbocycles. The van der Waals surface area contributed by atoms with Gasteiger partial charge in [0.1, 0.15) is 6.04 Å². The fraction of sp³-hybridized carbons (Fsp3) is 0.462. The van der Waals surface area contributed by atoms with Gasteiger partial charge in [0, 0.05) is 24.2 Å². The van der Waals surface area contributed by atoms with Crippen LogP contribution < -0.4 is 5.32 Å². The van der Waals surface area contributed by atoms with Crippen LogP contribution in [0.25, 0.3) is 0 Å². The number of nitrogens with zero attached hydrogens (tertiary/aromatic N) is 1. The molecule has 0 aromatic heterocycles. The van der Waals surface area contributed by atoms with Crippen molar-refractivity contribution in [1.82, 2.24) is 10.2 Å². The molecule has 2 saturated heterocycles. The second-order valence-corrected chi connectivity index (χ2v) is 5.10. The molecule has 1 aromatic rings. The number of carbonyl (C=O) groups is 1. The van der Waals surface area contributed by atoms with E-state index in [1.165, 1.54) is 0 Å². The zero-order valence-corrected chi connectivity index (χ0v) is 10.3. The van der Waals surface area contributed by atoms with Crippen molar-refractivity contribution >= 4 is 17.5 Å². The second-order valence-electron chi connectivity index (χ2n) is 4.69. The second kappa shape index (κ2) is 4.31. The molecule has 3 rings (SSSR count). The molecular formula is C13H15ClN2O. The van der Waals surface area contributed by atoms with E-state index in [2.05, 4.69) is 5.32 Å². The van der Waals surface area contributed by atoms with E-state index >= 15 is 0 Å². The van der Waals surface area contributed by atoms with Gasteiger partial charge in [-0.25, -0.2) is 0 Å². The lowest BCUT2D eigenvalue weighted by atomic mass is 10.0. The summed E-state index contributed by atoms with van der Waals surface area (Å²) in [5.74, 6) is 0.173. The number of rotatable bonds is 1. The molecule has 0 aliphatic carbocycles. The van der Waals surface area contributed by atoms with Crippen molar-refractivity contribution < 1.29 is 4.79 Å². The Hall–Kier alpha value is -1.06. The summed E-state index contributed by atoms with van der Waals surface area (Å²) in [6, 6.07) is 7.69. The molecule has 1 amide bonds. The van der Waals surface area contributed by atoms with E-state index < -0.39 is 0 Å². The fourth-order valence-electron chi connectivity index (χ4n) is 2.80. The van der Waals surface area contributed by atoms with Gasteiger partial charge in [0.15, 0.2) is 0 Å². The minimum atomic E-state index is -0.266. The molecule has 2 aliphatic rings. The van der Waals surface area contributed by atoms with Crippen LogP contribution in [0.3, 0.4) is 0 Å². The third-order valence-electron chi connectivity index (χ3n) is 3.68. The summed E-state index contributed by atoms with van der Waals surface area (Å²) in [7, 11) is 0. The van der Waals surface area contributed by atoms with Crippen LogP contribution in [-0.4, -0.2) is 29.9 Å². The molecule has 1 aromatic carbocycles. The van der Waals surface area contributed by atoms with Crippen molar-refractivity contribution in [2.45, 2.75) is 24.9 Å². The summed E-state index contributed by atoms with van der Waals surface area (Å²) in [4.78, 5) is 14.4. The van der Waals surface area contributed by atoms with Crippen molar-refractivity contribution in [1.29, 1.82) is 0 Å². The first kappa shape index (κ1) is 11.1. The minimum Gasteiger partial charge on any atom is -0.337 e. The van der Waals surface area contributed by atoms with E-state index in [-0.39, 0.29) is 11.9 Å². The average Bonchev–Trinajstić information content (AvgIpc) is 2.80. The maximum absolute atomic E-state index is 12.4. The third-order valence-corrected chi connectivity index (χ3v) is 4.03. The van der Waals surface area contributed by atoms with E-state index in [4.69, 9.17) is 11.6 Å². The summed E-state index contributed by atoms with van der Waals surface area (Å²) in [5.41, 5.74) is 0.893. The molecule has 17 heavy (non-hydrogen) atoms. The van der Waals surface area contributed by atoms with Crippen molar-refractivity contribution in [2.24, 2.45) is 0 Å². The van der Waals surface area contributed by atoms with Gasteiger partial charge in [-0.3, -0.25) is 4.79 Å². The Morgan fingerprint density at radius 2 is 2.18 bits per heavy atom. The Labute approximate surface area is 106 Å². The Morgan fingerprint density at radius 1 is 1.35 bits per heavy atom. The van der Waals surface area contributed by atoms with Gasteiger partial charge in [0.2, 0.25) is 5.91 Å². The van der Waals surface area contributed by atoms with Crippen LogP contribution in [0.15, 0.2) is 24.3 Å². The van der Waals surface area contributed by atoms with Gasteiger partial charge in [0.05, 0.1) is 0 Å². The predicted octanol–water partition coefficient (Wildman–Crippen LogP) is 1.98. The smallest absolute Gasteiger partial charge is 0.244 e. The molecule has 2 unspecified atom stereocenters. The standard InChI is InChI=1S/C13H15ClN2O/c14-11-6-2-1-5-10(11)12-13(17)16-7-3-4-9(16)8-15-12/h1-2,5-6,9,12,15H,3-4,7-8H2. The summed E-state index contributed by atoms with van der Waals surface area (Å²) >= 11 is 6.16. The largest absolute Gasteiger partial charge is 0.337 e. The topological polar surface area (TPSA) is 32.3 Å². The fourth-order valence-corrected chi connectivity index (χ4v) is 3.04. The number of fused-ring (bicyclic) bond motifs is 1. The molecule has 0 radical (unpaired) electrons. The highest BCUT2D eigenvalue weighted by atomic mass is 35.5. The summed E-state index contributed by atoms with van der Waals surface area (Å²) in [6.07, 6.45) is 2.24. The summed E-state index contributed by atoms with van der Waals surface area (Å²) in [5, 5.41) is 3.98. The molecule has 0 bridgehead atoms. The number of hydrogen-bond donors (Lipinski definition) is 1. The normalized spacial score (nSPS) is 28.3. The van der Waals surface area contributed by atoms with Gasteiger partial charge in [-0.15, -0.1) is 0 Å². The first-order chi connectivity index (χ1) is 8.27. The van der Waals surface area contributed by atoms with Crippen molar-refractivity contribution in [2.75, 3.05) is 13.1 Å². The van der Waals surface area contributed by atoms with Crippen LogP contribution in [0.4, 0.5) is 0 Å². The minimum absolute atomic E-state index is 0.173. The number of amides is 1. The molecule has 2 aliphatic heterocycles. The van der Waals surface area contributed by atoms with Crippen LogP contribution in [0.2, 0.25) is 5.02 Å². The zero-order valence-electron chi connectivity index (χ0n) is 9.53. The van der Waals surface area contributed by atoms with E-state index in [1.54, 1.807) is 0 Å². The van der Waals surface area contributed by atoms with Gasteiger partial charge in [-0.2, -0.15) is 0 Å². The lowest BCUT2D eigenvalue weighted by Gasteiger charge is -2.36. The highest BCUT2D eigenvalue weighted by Gasteiger charge is 2.38. The first-order valence-corrected chi connectivity index (χ1v) is 6.43. The van der Waals surface area contributed by atoms with Crippen LogP contribution in [0, 0.1) is 0 Å². The van der Waals surface area contributed by atoms with Crippen LogP contribution in [0.1, 0.15) is 24.4 Å². The Bertz CT molecular complexity index is 449. The van der Waals surface area contributed by atoms with Crippen LogP contribution in [0.5, 0.6) is 0 Å². The number of nitrogens with one attached hydrogen (secondary N) is 1. The first-order valence-electron chi connectivity index (χ1n) is 6.05. The predicted molar refractivity (Wildman–Crippen MR) is 66.9 cm³/mol. The van der Waals surface area contributed by atoms with E-state index in [1.807, 2.05) is 29.2 Å². The third kappa shape index (κ3) is 1.83. The molecule has 2 atom stereocenters. The Kier molecular flexibility index (Phi) is 2.81. The highest BCUT2D eigenvalue weighted by molar-refractivity contribution is 6.31. The molecular weight excluding hydrogens is 236 g/mol. The zero-order chi connectivity index (χ0) is 11.8. The molecule has 2 heterocycles. The van der Waals surface area contributed by atoms with Crippen molar-refractivity contribution in [3.05, 3.63) is 34.9 Å². The number of piperazine rings is 1.